The molecule has 0 radical (unpaired) electrons. The molecule has 1 heterocycles. The highest BCUT2D eigenvalue weighted by Gasteiger charge is 2.23. The number of ether oxygens (including phenoxy) is 1. The number of sulfonamides is 1. The molecule has 92 valence electrons. The number of nitrogens with zero attached hydrogens (tertiary/aromatic N) is 1. The van der Waals surface area contributed by atoms with Gasteiger partial charge in [0.1, 0.15) is 4.21 Å². The van der Waals surface area contributed by atoms with E-state index in [0.29, 0.717) is 10.8 Å². The predicted molar refractivity (Wildman–Crippen MR) is 65.7 cm³/mol. The van der Waals surface area contributed by atoms with E-state index in [1.54, 1.807) is 17.5 Å². The molecule has 0 bridgehead atoms. The Morgan fingerprint density at radius 1 is 1.62 bits per heavy atom. The van der Waals surface area contributed by atoms with E-state index in [9.17, 15) is 8.42 Å². The fourth-order valence-electron chi connectivity index (χ4n) is 1.17. The Bertz CT molecular complexity index is 404. The number of methoxy groups -OCH3 is 1. The van der Waals surface area contributed by atoms with Crippen LogP contribution in [0.1, 0.15) is 0 Å². The minimum absolute atomic E-state index is 0.232. The van der Waals surface area contributed by atoms with Crippen molar-refractivity contribution < 1.29 is 13.2 Å². The third-order valence-corrected chi connectivity index (χ3v) is 5.42. The van der Waals surface area contributed by atoms with Crippen LogP contribution in [0.25, 0.3) is 0 Å². The standard InChI is InChI=1S/C9H14ClNO3S2/c1-11(6-8(10)7-14-2)16(12,13)9-4-3-5-15-9/h3-5,8H,6-7H2,1-2H3. The molecule has 0 aliphatic rings. The molecule has 0 aliphatic carbocycles. The maximum Gasteiger partial charge on any atom is 0.252 e. The minimum atomic E-state index is -3.40. The molecular formula is C9H14ClNO3S2. The first-order chi connectivity index (χ1) is 7.48. The van der Waals surface area contributed by atoms with Crippen molar-refractivity contribution in [3.8, 4) is 0 Å². The first kappa shape index (κ1) is 13.9. The molecule has 1 atom stereocenters. The maximum absolute atomic E-state index is 12.0. The fraction of sp³-hybridized carbons (Fsp3) is 0.556. The van der Waals surface area contributed by atoms with Crippen molar-refractivity contribution in [2.75, 3.05) is 27.3 Å². The Hall–Kier alpha value is -0.140. The maximum atomic E-state index is 12.0. The van der Waals surface area contributed by atoms with Crippen LogP contribution in [0.4, 0.5) is 0 Å². The molecule has 1 aromatic heterocycles. The van der Waals surface area contributed by atoms with Crippen LogP contribution in [0, 0.1) is 0 Å². The Balaban J connectivity index is 2.70. The van der Waals surface area contributed by atoms with E-state index < -0.39 is 10.0 Å². The first-order valence-electron chi connectivity index (χ1n) is 4.61. The van der Waals surface area contributed by atoms with E-state index in [2.05, 4.69) is 0 Å². The van der Waals surface area contributed by atoms with Gasteiger partial charge in [-0.3, -0.25) is 0 Å². The monoisotopic (exact) mass is 283 g/mol. The largest absolute Gasteiger partial charge is 0.383 e. The van der Waals surface area contributed by atoms with E-state index in [1.807, 2.05) is 0 Å². The second kappa shape index (κ2) is 5.97. The molecule has 1 aromatic rings. The van der Waals surface area contributed by atoms with Gasteiger partial charge in [-0.25, -0.2) is 8.42 Å². The predicted octanol–water partition coefficient (Wildman–Crippen LogP) is 1.62. The SMILES string of the molecule is COCC(Cl)CN(C)S(=O)(=O)c1cccs1. The zero-order chi connectivity index (χ0) is 12.2. The molecule has 0 saturated heterocycles. The third-order valence-electron chi connectivity index (χ3n) is 1.96. The Kier molecular flexibility index (Phi) is 5.20. The summed E-state index contributed by atoms with van der Waals surface area (Å²) in [5.41, 5.74) is 0. The second-order valence-electron chi connectivity index (χ2n) is 3.27. The smallest absolute Gasteiger partial charge is 0.252 e. The van der Waals surface area contributed by atoms with Gasteiger partial charge in [0.15, 0.2) is 0 Å². The Morgan fingerprint density at radius 3 is 2.81 bits per heavy atom. The van der Waals surface area contributed by atoms with Gasteiger partial charge >= 0.3 is 0 Å². The van der Waals surface area contributed by atoms with Crippen LogP contribution in [0.15, 0.2) is 21.7 Å². The molecule has 0 N–H and O–H groups in total. The highest BCUT2D eigenvalue weighted by Crippen LogP contribution is 2.20. The van der Waals surface area contributed by atoms with E-state index in [4.69, 9.17) is 16.3 Å². The lowest BCUT2D eigenvalue weighted by atomic mass is 10.4. The summed E-state index contributed by atoms with van der Waals surface area (Å²) in [6, 6.07) is 3.29. The summed E-state index contributed by atoms with van der Waals surface area (Å²) in [4.78, 5) is 0. The number of alkyl halides is 1. The van der Waals surface area contributed by atoms with Gasteiger partial charge in [-0.2, -0.15) is 4.31 Å². The number of rotatable bonds is 6. The Morgan fingerprint density at radius 2 is 2.31 bits per heavy atom. The summed E-state index contributed by atoms with van der Waals surface area (Å²) >= 11 is 7.11. The lowest BCUT2D eigenvalue weighted by Crippen LogP contribution is -2.33. The fourth-order valence-corrected chi connectivity index (χ4v) is 4.01. The van der Waals surface area contributed by atoms with Crippen molar-refractivity contribution in [3.05, 3.63) is 17.5 Å². The molecule has 4 nitrogen and oxygen atoms in total. The number of hydrogen-bond acceptors (Lipinski definition) is 4. The third kappa shape index (κ3) is 3.43. The summed E-state index contributed by atoms with van der Waals surface area (Å²) in [6.45, 7) is 0.557. The zero-order valence-electron chi connectivity index (χ0n) is 9.09. The first-order valence-corrected chi connectivity index (χ1v) is 7.37. The molecular weight excluding hydrogens is 270 g/mol. The molecule has 1 unspecified atom stereocenters. The molecule has 0 amide bonds. The van der Waals surface area contributed by atoms with E-state index in [1.165, 1.54) is 29.8 Å². The van der Waals surface area contributed by atoms with Crippen LogP contribution in [0.2, 0.25) is 0 Å². The lowest BCUT2D eigenvalue weighted by molar-refractivity contribution is 0.192. The molecule has 16 heavy (non-hydrogen) atoms. The van der Waals surface area contributed by atoms with E-state index >= 15 is 0 Å². The van der Waals surface area contributed by atoms with Gasteiger partial charge in [0.25, 0.3) is 10.0 Å². The quantitative estimate of drug-likeness (QED) is 0.746. The van der Waals surface area contributed by atoms with Gasteiger partial charge in [-0.1, -0.05) is 6.07 Å². The van der Waals surface area contributed by atoms with Crippen molar-refractivity contribution in [3.63, 3.8) is 0 Å². The number of thiophene rings is 1. The summed E-state index contributed by atoms with van der Waals surface area (Å²) in [6.07, 6.45) is 0. The number of hydrogen-bond donors (Lipinski definition) is 0. The van der Waals surface area contributed by atoms with E-state index in [-0.39, 0.29) is 11.9 Å². The van der Waals surface area contributed by atoms with Crippen LogP contribution >= 0.6 is 22.9 Å². The average molecular weight is 284 g/mol. The average Bonchev–Trinajstić information content (AvgIpc) is 2.70. The van der Waals surface area contributed by atoms with Gasteiger partial charge in [-0.15, -0.1) is 22.9 Å². The van der Waals surface area contributed by atoms with Crippen LogP contribution in [0.3, 0.4) is 0 Å². The molecule has 0 fully saturated rings. The van der Waals surface area contributed by atoms with Gasteiger partial charge in [0.2, 0.25) is 0 Å². The zero-order valence-corrected chi connectivity index (χ0v) is 11.5. The second-order valence-corrected chi connectivity index (χ2v) is 7.11. The van der Waals surface area contributed by atoms with Crippen LogP contribution in [-0.2, 0) is 14.8 Å². The molecule has 0 aromatic carbocycles. The minimum Gasteiger partial charge on any atom is -0.383 e. The Labute approximate surface area is 105 Å². The molecule has 0 saturated carbocycles. The highest BCUT2D eigenvalue weighted by atomic mass is 35.5. The molecule has 0 aliphatic heterocycles. The van der Waals surface area contributed by atoms with Crippen molar-refractivity contribution in [2.24, 2.45) is 0 Å². The normalized spacial score (nSPS) is 14.2. The van der Waals surface area contributed by atoms with Crippen molar-refractivity contribution in [2.45, 2.75) is 9.59 Å². The van der Waals surface area contributed by atoms with Gasteiger partial charge in [0.05, 0.1) is 12.0 Å². The highest BCUT2D eigenvalue weighted by molar-refractivity contribution is 7.91. The van der Waals surface area contributed by atoms with Crippen molar-refractivity contribution >= 4 is 33.0 Å². The summed E-state index contributed by atoms with van der Waals surface area (Å²) in [5, 5.41) is 1.39. The van der Waals surface area contributed by atoms with Crippen LogP contribution in [0.5, 0.6) is 0 Å². The summed E-state index contributed by atoms with van der Waals surface area (Å²) in [7, 11) is -0.352. The lowest BCUT2D eigenvalue weighted by Gasteiger charge is -2.18. The van der Waals surface area contributed by atoms with Crippen LogP contribution in [-0.4, -0.2) is 45.4 Å². The molecule has 1 rings (SSSR count). The van der Waals surface area contributed by atoms with Gasteiger partial charge in [0, 0.05) is 20.7 Å². The van der Waals surface area contributed by atoms with E-state index in [0.717, 1.165) is 0 Å². The number of halogens is 1. The van der Waals surface area contributed by atoms with Crippen molar-refractivity contribution in [1.82, 2.24) is 4.31 Å². The summed E-state index contributed by atoms with van der Waals surface area (Å²) in [5.74, 6) is 0. The molecule has 0 spiro atoms. The van der Waals surface area contributed by atoms with Crippen molar-refractivity contribution in [1.29, 1.82) is 0 Å². The van der Waals surface area contributed by atoms with Gasteiger partial charge in [-0.05, 0) is 11.4 Å². The van der Waals surface area contributed by atoms with Crippen LogP contribution < -0.4 is 0 Å². The summed E-state index contributed by atoms with van der Waals surface area (Å²) < 4.78 is 30.4. The molecule has 7 heteroatoms. The van der Waals surface area contributed by atoms with Gasteiger partial charge < -0.3 is 4.74 Å². The topological polar surface area (TPSA) is 46.6 Å².